The summed E-state index contributed by atoms with van der Waals surface area (Å²) in [6.07, 6.45) is 2.72. The fourth-order valence-corrected chi connectivity index (χ4v) is 2.08. The van der Waals surface area contributed by atoms with E-state index in [-0.39, 0.29) is 0 Å². The molecule has 0 aromatic rings. The highest BCUT2D eigenvalue weighted by Crippen LogP contribution is 2.09. The number of carbonyl (C=O) groups excluding carboxylic acids is 1. The van der Waals surface area contributed by atoms with Gasteiger partial charge in [0.2, 0.25) is 5.91 Å². The molecule has 2 atom stereocenters. The zero-order chi connectivity index (χ0) is 10.6. The van der Waals surface area contributed by atoms with Gasteiger partial charge in [-0.05, 0) is 20.1 Å². The van der Waals surface area contributed by atoms with E-state index in [0.717, 1.165) is 18.8 Å². The monoisotopic (exact) mass is 216 g/mol. The third kappa shape index (κ3) is 3.17. The Morgan fingerprint density at radius 2 is 2.29 bits per heavy atom. The molecule has 1 amide bonds. The molecule has 0 aromatic heterocycles. The van der Waals surface area contributed by atoms with Crippen LogP contribution in [0, 0.1) is 0 Å². The number of piperazine rings is 1. The summed E-state index contributed by atoms with van der Waals surface area (Å²) in [5.41, 5.74) is 0. The van der Waals surface area contributed by atoms with E-state index in [0.29, 0.717) is 24.4 Å². The number of nitrogens with one attached hydrogen (secondary N) is 1. The second-order valence-corrected chi connectivity index (χ2v) is 4.93. The second-order valence-electron chi connectivity index (χ2n) is 3.95. The van der Waals surface area contributed by atoms with Crippen molar-refractivity contribution in [3.05, 3.63) is 0 Å². The Kier molecular flexibility index (Phi) is 4.75. The van der Waals surface area contributed by atoms with E-state index >= 15 is 0 Å². The van der Waals surface area contributed by atoms with Gasteiger partial charge in [-0.25, -0.2) is 0 Å². The topological polar surface area (TPSA) is 32.3 Å². The number of hydrogen-bond donors (Lipinski definition) is 1. The van der Waals surface area contributed by atoms with Crippen LogP contribution in [0.25, 0.3) is 0 Å². The van der Waals surface area contributed by atoms with Gasteiger partial charge in [0.05, 0.1) is 0 Å². The summed E-state index contributed by atoms with van der Waals surface area (Å²) in [5.74, 6) is 1.24. The second kappa shape index (κ2) is 5.61. The van der Waals surface area contributed by atoms with Crippen molar-refractivity contribution in [1.82, 2.24) is 10.2 Å². The van der Waals surface area contributed by atoms with Gasteiger partial charge in [-0.15, -0.1) is 0 Å². The molecule has 1 heterocycles. The minimum atomic E-state index is 0.306. The minimum absolute atomic E-state index is 0.306. The molecular weight excluding hydrogens is 196 g/mol. The summed E-state index contributed by atoms with van der Waals surface area (Å²) < 4.78 is 0. The van der Waals surface area contributed by atoms with Crippen LogP contribution in [0.15, 0.2) is 0 Å². The van der Waals surface area contributed by atoms with Crippen LogP contribution in [0.3, 0.4) is 0 Å². The lowest BCUT2D eigenvalue weighted by Crippen LogP contribution is -2.56. The van der Waals surface area contributed by atoms with E-state index in [2.05, 4.69) is 19.2 Å². The highest BCUT2D eigenvalue weighted by molar-refractivity contribution is 7.98. The predicted octanol–water partition coefficient (Wildman–Crippen LogP) is 0.948. The van der Waals surface area contributed by atoms with Crippen molar-refractivity contribution in [2.45, 2.75) is 32.4 Å². The van der Waals surface area contributed by atoms with Gasteiger partial charge in [-0.3, -0.25) is 4.79 Å². The van der Waals surface area contributed by atoms with E-state index < -0.39 is 0 Å². The van der Waals surface area contributed by atoms with Crippen molar-refractivity contribution in [1.29, 1.82) is 0 Å². The van der Waals surface area contributed by atoms with Gasteiger partial charge < -0.3 is 10.2 Å². The first kappa shape index (κ1) is 11.9. The maximum Gasteiger partial charge on any atom is 0.223 e. The molecule has 0 spiro atoms. The number of thioether (sulfide) groups is 1. The Morgan fingerprint density at radius 1 is 1.57 bits per heavy atom. The maximum atomic E-state index is 11.8. The van der Waals surface area contributed by atoms with Gasteiger partial charge in [0.15, 0.2) is 0 Å². The number of carbonyl (C=O) groups is 1. The zero-order valence-corrected chi connectivity index (χ0v) is 10.1. The highest BCUT2D eigenvalue weighted by Gasteiger charge is 2.25. The van der Waals surface area contributed by atoms with Crippen molar-refractivity contribution >= 4 is 17.7 Å². The van der Waals surface area contributed by atoms with Gasteiger partial charge in [-0.2, -0.15) is 11.8 Å². The molecule has 1 rings (SSSR count). The number of nitrogens with zero attached hydrogens (tertiary/aromatic N) is 1. The SMILES string of the molecule is CSCCC(=O)N1CC(C)NCC1C. The minimum Gasteiger partial charge on any atom is -0.337 e. The summed E-state index contributed by atoms with van der Waals surface area (Å²) in [4.78, 5) is 13.8. The maximum absolute atomic E-state index is 11.8. The average molecular weight is 216 g/mol. The van der Waals surface area contributed by atoms with Gasteiger partial charge in [0.25, 0.3) is 0 Å². The van der Waals surface area contributed by atoms with Crippen LogP contribution in [-0.4, -0.2) is 48.0 Å². The molecule has 4 heteroatoms. The zero-order valence-electron chi connectivity index (χ0n) is 9.25. The molecule has 82 valence electrons. The Hall–Kier alpha value is -0.220. The van der Waals surface area contributed by atoms with Crippen LogP contribution in [0.4, 0.5) is 0 Å². The Bertz CT molecular complexity index is 199. The van der Waals surface area contributed by atoms with E-state index in [9.17, 15) is 4.79 Å². The van der Waals surface area contributed by atoms with E-state index in [1.54, 1.807) is 11.8 Å². The Labute approximate surface area is 90.6 Å². The number of amides is 1. The smallest absolute Gasteiger partial charge is 0.223 e. The van der Waals surface area contributed by atoms with Crippen molar-refractivity contribution in [3.63, 3.8) is 0 Å². The van der Waals surface area contributed by atoms with Crippen LogP contribution < -0.4 is 5.32 Å². The van der Waals surface area contributed by atoms with Crippen molar-refractivity contribution in [2.75, 3.05) is 25.1 Å². The average Bonchev–Trinajstić information content (AvgIpc) is 2.18. The molecule has 0 aliphatic carbocycles. The van der Waals surface area contributed by atoms with Gasteiger partial charge >= 0.3 is 0 Å². The Balaban J connectivity index is 2.43. The molecule has 14 heavy (non-hydrogen) atoms. The quantitative estimate of drug-likeness (QED) is 0.762. The van der Waals surface area contributed by atoms with Gasteiger partial charge in [0.1, 0.15) is 0 Å². The molecule has 1 aliphatic heterocycles. The number of hydrogen-bond acceptors (Lipinski definition) is 3. The molecule has 2 unspecified atom stereocenters. The van der Waals surface area contributed by atoms with Gasteiger partial charge in [-0.1, -0.05) is 0 Å². The third-order valence-corrected chi connectivity index (χ3v) is 3.22. The molecule has 0 bridgehead atoms. The fraction of sp³-hybridized carbons (Fsp3) is 0.900. The molecule has 3 nitrogen and oxygen atoms in total. The predicted molar refractivity (Wildman–Crippen MR) is 61.6 cm³/mol. The molecule has 0 aromatic carbocycles. The van der Waals surface area contributed by atoms with E-state index in [1.807, 2.05) is 11.2 Å². The molecule has 1 aliphatic rings. The lowest BCUT2D eigenvalue weighted by atomic mass is 10.1. The summed E-state index contributed by atoms with van der Waals surface area (Å²) in [6.45, 7) is 6.01. The van der Waals surface area contributed by atoms with Crippen LogP contribution in [0.1, 0.15) is 20.3 Å². The first-order valence-corrected chi connectivity index (χ1v) is 6.56. The van der Waals surface area contributed by atoms with Crippen LogP contribution in [0.2, 0.25) is 0 Å². The molecule has 1 saturated heterocycles. The van der Waals surface area contributed by atoms with Crippen molar-refractivity contribution < 1.29 is 4.79 Å². The summed E-state index contributed by atoms with van der Waals surface area (Å²) in [7, 11) is 0. The lowest BCUT2D eigenvalue weighted by Gasteiger charge is -2.37. The summed E-state index contributed by atoms with van der Waals surface area (Å²) >= 11 is 1.73. The summed E-state index contributed by atoms with van der Waals surface area (Å²) in [5, 5.41) is 3.37. The van der Waals surface area contributed by atoms with Crippen molar-refractivity contribution in [2.24, 2.45) is 0 Å². The first-order chi connectivity index (χ1) is 6.65. The first-order valence-electron chi connectivity index (χ1n) is 5.17. The largest absolute Gasteiger partial charge is 0.337 e. The lowest BCUT2D eigenvalue weighted by molar-refractivity contribution is -0.134. The number of rotatable bonds is 3. The molecule has 1 fully saturated rings. The molecule has 0 radical (unpaired) electrons. The molecule has 1 N–H and O–H groups in total. The normalized spacial score (nSPS) is 27.8. The highest BCUT2D eigenvalue weighted by atomic mass is 32.2. The van der Waals surface area contributed by atoms with E-state index in [4.69, 9.17) is 0 Å². The van der Waals surface area contributed by atoms with Crippen LogP contribution >= 0.6 is 11.8 Å². The standard InChI is InChI=1S/C10H20N2OS/c1-8-7-12(9(2)6-11-8)10(13)4-5-14-3/h8-9,11H,4-7H2,1-3H3. The third-order valence-electron chi connectivity index (χ3n) is 2.60. The fourth-order valence-electron chi connectivity index (χ4n) is 1.70. The van der Waals surface area contributed by atoms with Gasteiger partial charge in [0, 0.05) is 37.3 Å². The summed E-state index contributed by atoms with van der Waals surface area (Å²) in [6, 6.07) is 0.782. The molecular formula is C10H20N2OS. The van der Waals surface area contributed by atoms with Crippen molar-refractivity contribution in [3.8, 4) is 0 Å². The van der Waals surface area contributed by atoms with Crippen LogP contribution in [-0.2, 0) is 4.79 Å². The Morgan fingerprint density at radius 3 is 2.93 bits per heavy atom. The molecule has 0 saturated carbocycles. The van der Waals surface area contributed by atoms with E-state index in [1.165, 1.54) is 0 Å². The van der Waals surface area contributed by atoms with Crippen LogP contribution in [0.5, 0.6) is 0 Å².